The van der Waals surface area contributed by atoms with Gasteiger partial charge in [0.1, 0.15) is 0 Å². The molecule has 1 fully saturated rings. The van der Waals surface area contributed by atoms with E-state index in [4.69, 9.17) is 5.11 Å². The van der Waals surface area contributed by atoms with Crippen LogP contribution in [0.3, 0.4) is 0 Å². The standard InChI is InChI=1S/C15H25NO5S/c1-15(2,3)22(20,21)16-9-10-8-13(19)11(4-6-17)14(10)12(16)5-7-18/h10,12,17-18H,4-9H2,1-3H3/t10-,12+/m1/s1. The van der Waals surface area contributed by atoms with Crippen molar-refractivity contribution in [3.8, 4) is 0 Å². The molecule has 2 rings (SSSR count). The fourth-order valence-electron chi connectivity index (χ4n) is 3.43. The lowest BCUT2D eigenvalue weighted by Crippen LogP contribution is -2.46. The summed E-state index contributed by atoms with van der Waals surface area (Å²) < 4.78 is 26.1. The van der Waals surface area contributed by atoms with Gasteiger partial charge in [0.05, 0.1) is 4.75 Å². The number of carbonyl (C=O) groups is 1. The van der Waals surface area contributed by atoms with Gasteiger partial charge in [-0.25, -0.2) is 8.42 Å². The summed E-state index contributed by atoms with van der Waals surface area (Å²) in [4.78, 5) is 12.1. The Morgan fingerprint density at radius 2 is 1.86 bits per heavy atom. The second-order valence-electron chi connectivity index (χ2n) is 6.95. The Hall–Kier alpha value is -0.760. The van der Waals surface area contributed by atoms with Gasteiger partial charge < -0.3 is 10.2 Å². The Balaban J connectivity index is 2.47. The van der Waals surface area contributed by atoms with E-state index in [1.54, 1.807) is 20.8 Å². The third-order valence-electron chi connectivity index (χ3n) is 4.51. The first-order chi connectivity index (χ1) is 10.1. The van der Waals surface area contributed by atoms with Gasteiger partial charge in [-0.05, 0) is 44.8 Å². The second kappa shape index (κ2) is 6.03. The highest BCUT2D eigenvalue weighted by Gasteiger charge is 2.50. The highest BCUT2D eigenvalue weighted by Crippen LogP contribution is 2.44. The monoisotopic (exact) mass is 331 g/mol. The molecule has 0 aromatic rings. The molecular formula is C15H25NO5S. The van der Waals surface area contributed by atoms with E-state index in [2.05, 4.69) is 0 Å². The summed E-state index contributed by atoms with van der Waals surface area (Å²) in [7, 11) is -3.53. The van der Waals surface area contributed by atoms with Gasteiger partial charge in [0.2, 0.25) is 10.0 Å². The zero-order valence-electron chi connectivity index (χ0n) is 13.4. The first-order valence-electron chi connectivity index (χ1n) is 7.64. The number of sulfonamides is 1. The van der Waals surface area contributed by atoms with Gasteiger partial charge in [-0.15, -0.1) is 0 Å². The number of hydrogen-bond donors (Lipinski definition) is 2. The molecule has 2 atom stereocenters. The fourth-order valence-corrected chi connectivity index (χ4v) is 5.07. The van der Waals surface area contributed by atoms with Crippen molar-refractivity contribution in [2.75, 3.05) is 19.8 Å². The third kappa shape index (κ3) is 2.75. The number of rotatable bonds is 5. The van der Waals surface area contributed by atoms with Crippen LogP contribution < -0.4 is 0 Å². The number of carbonyl (C=O) groups excluding carboxylic acids is 1. The Morgan fingerprint density at radius 3 is 2.36 bits per heavy atom. The predicted molar refractivity (Wildman–Crippen MR) is 82.7 cm³/mol. The minimum atomic E-state index is -3.53. The molecule has 0 aromatic heterocycles. The molecule has 7 heteroatoms. The fraction of sp³-hybridized carbons (Fsp3) is 0.800. The summed E-state index contributed by atoms with van der Waals surface area (Å²) >= 11 is 0. The summed E-state index contributed by atoms with van der Waals surface area (Å²) in [6, 6.07) is -0.466. The molecule has 22 heavy (non-hydrogen) atoms. The maximum Gasteiger partial charge on any atom is 0.219 e. The van der Waals surface area contributed by atoms with E-state index in [1.165, 1.54) is 4.31 Å². The maximum atomic E-state index is 12.8. The van der Waals surface area contributed by atoms with Crippen molar-refractivity contribution in [2.24, 2.45) is 5.92 Å². The highest BCUT2D eigenvalue weighted by molar-refractivity contribution is 7.90. The first kappa shape index (κ1) is 17.6. The summed E-state index contributed by atoms with van der Waals surface area (Å²) in [5.41, 5.74) is 1.39. The summed E-state index contributed by atoms with van der Waals surface area (Å²) in [5.74, 6) is -0.104. The van der Waals surface area contributed by atoms with Gasteiger partial charge in [0.15, 0.2) is 5.78 Å². The predicted octanol–water partition coefficient (Wildman–Crippen LogP) is 0.449. The van der Waals surface area contributed by atoms with Crippen LogP contribution in [0.15, 0.2) is 11.1 Å². The van der Waals surface area contributed by atoms with Crippen molar-refractivity contribution in [3.63, 3.8) is 0 Å². The summed E-state index contributed by atoms with van der Waals surface area (Å²) in [6.07, 6.45) is 0.849. The smallest absolute Gasteiger partial charge is 0.219 e. The molecule has 2 N–H and O–H groups in total. The van der Waals surface area contributed by atoms with Crippen LogP contribution in [0.2, 0.25) is 0 Å². The van der Waals surface area contributed by atoms with Crippen LogP contribution in [-0.4, -0.2) is 59.3 Å². The Kier molecular flexibility index (Phi) is 4.82. The Bertz CT molecular complexity index is 588. The van der Waals surface area contributed by atoms with Gasteiger partial charge in [-0.1, -0.05) is 0 Å². The van der Waals surface area contributed by atoms with Crippen molar-refractivity contribution in [1.82, 2.24) is 4.31 Å². The average molecular weight is 331 g/mol. The van der Waals surface area contributed by atoms with Crippen LogP contribution in [0.4, 0.5) is 0 Å². The number of ketones is 1. The number of aliphatic hydroxyl groups is 2. The average Bonchev–Trinajstić information content (AvgIpc) is 2.88. The van der Waals surface area contributed by atoms with E-state index < -0.39 is 20.8 Å². The number of nitrogens with zero attached hydrogens (tertiary/aromatic N) is 1. The molecule has 0 bridgehead atoms. The van der Waals surface area contributed by atoms with Gasteiger partial charge >= 0.3 is 0 Å². The molecule has 1 heterocycles. The molecule has 0 unspecified atom stereocenters. The molecule has 1 aliphatic heterocycles. The molecule has 0 spiro atoms. The molecule has 0 amide bonds. The largest absolute Gasteiger partial charge is 0.396 e. The molecule has 2 aliphatic rings. The van der Waals surface area contributed by atoms with Gasteiger partial charge in [0, 0.05) is 38.1 Å². The molecule has 6 nitrogen and oxygen atoms in total. The van der Waals surface area contributed by atoms with Crippen LogP contribution in [0, 0.1) is 5.92 Å². The normalized spacial score (nSPS) is 26.9. The molecular weight excluding hydrogens is 306 g/mol. The van der Waals surface area contributed by atoms with E-state index >= 15 is 0 Å². The number of hydrogen-bond acceptors (Lipinski definition) is 5. The SMILES string of the molecule is CC(C)(C)S(=O)(=O)N1C[C@H]2CC(=O)C(CCO)=C2[C@@H]1CCO. The van der Waals surface area contributed by atoms with Crippen LogP contribution >= 0.6 is 0 Å². The van der Waals surface area contributed by atoms with E-state index in [-0.39, 0.29) is 37.8 Å². The van der Waals surface area contributed by atoms with Crippen LogP contribution in [0.25, 0.3) is 0 Å². The number of Topliss-reactive ketones (excluding diaryl/α,β-unsaturated/α-hetero) is 1. The number of fused-ring (bicyclic) bond motifs is 1. The van der Waals surface area contributed by atoms with Crippen molar-refractivity contribution in [3.05, 3.63) is 11.1 Å². The zero-order chi connectivity index (χ0) is 16.7. The topological polar surface area (TPSA) is 94.9 Å². The molecule has 0 radical (unpaired) electrons. The van der Waals surface area contributed by atoms with Gasteiger partial charge in [0.25, 0.3) is 0 Å². The van der Waals surface area contributed by atoms with E-state index in [0.29, 0.717) is 18.5 Å². The summed E-state index contributed by atoms with van der Waals surface area (Å²) in [6.45, 7) is 4.98. The third-order valence-corrected chi connectivity index (χ3v) is 7.08. The van der Waals surface area contributed by atoms with Crippen LogP contribution in [0.1, 0.15) is 40.0 Å². The maximum absolute atomic E-state index is 12.8. The van der Waals surface area contributed by atoms with Crippen molar-refractivity contribution >= 4 is 15.8 Å². The highest BCUT2D eigenvalue weighted by atomic mass is 32.2. The molecule has 0 saturated carbocycles. The van der Waals surface area contributed by atoms with Crippen LogP contribution in [-0.2, 0) is 14.8 Å². The Labute approximate surface area is 131 Å². The van der Waals surface area contributed by atoms with Crippen molar-refractivity contribution in [2.45, 2.75) is 50.8 Å². The van der Waals surface area contributed by atoms with Crippen molar-refractivity contribution in [1.29, 1.82) is 0 Å². The lowest BCUT2D eigenvalue weighted by Gasteiger charge is -2.31. The summed E-state index contributed by atoms with van der Waals surface area (Å²) in [5, 5.41) is 18.5. The minimum absolute atomic E-state index is 0.00444. The number of aliphatic hydroxyl groups excluding tert-OH is 2. The molecule has 0 aromatic carbocycles. The van der Waals surface area contributed by atoms with Crippen LogP contribution in [0.5, 0.6) is 0 Å². The minimum Gasteiger partial charge on any atom is -0.396 e. The molecule has 1 saturated heterocycles. The molecule has 1 aliphatic carbocycles. The van der Waals surface area contributed by atoms with E-state index in [0.717, 1.165) is 5.57 Å². The van der Waals surface area contributed by atoms with Gasteiger partial charge in [-0.2, -0.15) is 4.31 Å². The van der Waals surface area contributed by atoms with E-state index in [1.807, 2.05) is 0 Å². The first-order valence-corrected chi connectivity index (χ1v) is 9.08. The quantitative estimate of drug-likeness (QED) is 0.763. The van der Waals surface area contributed by atoms with E-state index in [9.17, 15) is 18.3 Å². The zero-order valence-corrected chi connectivity index (χ0v) is 14.2. The second-order valence-corrected chi connectivity index (χ2v) is 9.59. The molecule has 126 valence electrons. The lowest BCUT2D eigenvalue weighted by atomic mass is 9.96. The van der Waals surface area contributed by atoms with Gasteiger partial charge in [-0.3, -0.25) is 4.79 Å². The Morgan fingerprint density at radius 1 is 1.23 bits per heavy atom. The van der Waals surface area contributed by atoms with Crippen molar-refractivity contribution < 1.29 is 23.4 Å². The lowest BCUT2D eigenvalue weighted by molar-refractivity contribution is -0.115.